The van der Waals surface area contributed by atoms with Crippen LogP contribution >= 0.6 is 0 Å². The Morgan fingerprint density at radius 2 is 2.35 bits per heavy atom. The first-order chi connectivity index (χ1) is 8.34. The summed E-state index contributed by atoms with van der Waals surface area (Å²) in [6.45, 7) is 0.655. The van der Waals surface area contributed by atoms with E-state index in [0.29, 0.717) is 18.2 Å². The van der Waals surface area contributed by atoms with Gasteiger partial charge in [-0.05, 0) is 17.5 Å². The first kappa shape index (κ1) is 10.0. The molecule has 0 saturated heterocycles. The zero-order valence-electron chi connectivity index (χ0n) is 9.18. The SMILES string of the molecule is O=C(NCC1Cc2ccccc21)c1cn[nH]n1. The maximum atomic E-state index is 11.6. The van der Waals surface area contributed by atoms with Gasteiger partial charge in [0.25, 0.3) is 5.91 Å². The molecule has 0 spiro atoms. The molecule has 0 bridgehead atoms. The summed E-state index contributed by atoms with van der Waals surface area (Å²) in [5, 5.41) is 12.6. The lowest BCUT2D eigenvalue weighted by Crippen LogP contribution is -2.33. The van der Waals surface area contributed by atoms with Crippen molar-refractivity contribution in [1.82, 2.24) is 20.7 Å². The topological polar surface area (TPSA) is 70.7 Å². The molecular formula is C12H12N4O. The maximum Gasteiger partial charge on any atom is 0.273 e. The predicted octanol–water partition coefficient (Wildman–Crippen LogP) is 0.874. The molecule has 1 unspecified atom stereocenters. The first-order valence-electron chi connectivity index (χ1n) is 5.56. The van der Waals surface area contributed by atoms with Gasteiger partial charge in [0.15, 0.2) is 5.69 Å². The fourth-order valence-electron chi connectivity index (χ4n) is 2.16. The van der Waals surface area contributed by atoms with Crippen molar-refractivity contribution < 1.29 is 4.79 Å². The van der Waals surface area contributed by atoms with Gasteiger partial charge in [-0.3, -0.25) is 4.79 Å². The molecule has 1 aromatic carbocycles. The van der Waals surface area contributed by atoms with Gasteiger partial charge in [0.05, 0.1) is 6.20 Å². The summed E-state index contributed by atoms with van der Waals surface area (Å²) in [7, 11) is 0. The second kappa shape index (κ2) is 4.01. The van der Waals surface area contributed by atoms with Gasteiger partial charge in [-0.1, -0.05) is 24.3 Å². The van der Waals surface area contributed by atoms with Crippen LogP contribution in [0.15, 0.2) is 30.5 Å². The number of nitrogens with one attached hydrogen (secondary N) is 2. The molecule has 1 heterocycles. The first-order valence-corrected chi connectivity index (χ1v) is 5.56. The summed E-state index contributed by atoms with van der Waals surface area (Å²) in [6.07, 6.45) is 2.46. The van der Waals surface area contributed by atoms with Gasteiger partial charge in [-0.15, -0.1) is 0 Å². The molecule has 2 N–H and O–H groups in total. The Balaban J connectivity index is 1.59. The predicted molar refractivity (Wildman–Crippen MR) is 61.6 cm³/mol. The van der Waals surface area contributed by atoms with E-state index in [-0.39, 0.29) is 5.91 Å². The van der Waals surface area contributed by atoms with Gasteiger partial charge in [-0.25, -0.2) is 0 Å². The lowest BCUT2D eigenvalue weighted by atomic mass is 9.77. The van der Waals surface area contributed by atoms with E-state index in [1.54, 1.807) is 0 Å². The number of hydrogen-bond donors (Lipinski definition) is 2. The average molecular weight is 228 g/mol. The Kier molecular flexibility index (Phi) is 2.36. The van der Waals surface area contributed by atoms with E-state index in [2.05, 4.69) is 32.9 Å². The van der Waals surface area contributed by atoms with Crippen molar-refractivity contribution in [1.29, 1.82) is 0 Å². The van der Waals surface area contributed by atoms with Gasteiger partial charge >= 0.3 is 0 Å². The summed E-state index contributed by atoms with van der Waals surface area (Å²) < 4.78 is 0. The molecule has 2 aromatic rings. The highest BCUT2D eigenvalue weighted by molar-refractivity contribution is 5.91. The average Bonchev–Trinajstić information content (AvgIpc) is 2.83. The third kappa shape index (κ3) is 1.80. The highest BCUT2D eigenvalue weighted by atomic mass is 16.1. The lowest BCUT2D eigenvalue weighted by Gasteiger charge is -2.30. The second-order valence-corrected chi connectivity index (χ2v) is 4.17. The molecule has 86 valence electrons. The third-order valence-electron chi connectivity index (χ3n) is 3.12. The normalized spacial score (nSPS) is 17.1. The van der Waals surface area contributed by atoms with Crippen molar-refractivity contribution in [3.63, 3.8) is 0 Å². The molecule has 5 nitrogen and oxygen atoms in total. The summed E-state index contributed by atoms with van der Waals surface area (Å²) >= 11 is 0. The number of fused-ring (bicyclic) bond motifs is 1. The van der Waals surface area contributed by atoms with Crippen LogP contribution in [0.1, 0.15) is 27.5 Å². The van der Waals surface area contributed by atoms with Gasteiger partial charge in [-0.2, -0.15) is 15.4 Å². The molecule has 0 radical (unpaired) electrons. The molecule has 3 rings (SSSR count). The van der Waals surface area contributed by atoms with Crippen LogP contribution in [-0.4, -0.2) is 27.9 Å². The number of carbonyl (C=O) groups is 1. The maximum absolute atomic E-state index is 11.6. The molecule has 5 heteroatoms. The lowest BCUT2D eigenvalue weighted by molar-refractivity contribution is 0.0945. The van der Waals surface area contributed by atoms with Gasteiger partial charge < -0.3 is 5.32 Å². The molecule has 0 fully saturated rings. The summed E-state index contributed by atoms with van der Waals surface area (Å²) in [4.78, 5) is 11.6. The van der Waals surface area contributed by atoms with E-state index in [1.165, 1.54) is 17.3 Å². The van der Waals surface area contributed by atoms with Crippen LogP contribution < -0.4 is 5.32 Å². The second-order valence-electron chi connectivity index (χ2n) is 4.17. The number of benzene rings is 1. The molecule has 0 aliphatic heterocycles. The van der Waals surface area contributed by atoms with Gasteiger partial charge in [0.2, 0.25) is 0 Å². The van der Waals surface area contributed by atoms with Crippen LogP contribution in [0.5, 0.6) is 0 Å². The van der Waals surface area contributed by atoms with E-state index < -0.39 is 0 Å². The molecule has 0 saturated carbocycles. The van der Waals surface area contributed by atoms with Crippen LogP contribution in [0.3, 0.4) is 0 Å². The summed E-state index contributed by atoms with van der Waals surface area (Å²) in [5.74, 6) is 0.255. The quantitative estimate of drug-likeness (QED) is 0.819. The van der Waals surface area contributed by atoms with Crippen molar-refractivity contribution in [2.24, 2.45) is 0 Å². The number of amides is 1. The van der Waals surface area contributed by atoms with Crippen molar-refractivity contribution >= 4 is 5.91 Å². The van der Waals surface area contributed by atoms with Crippen LogP contribution in [0.25, 0.3) is 0 Å². The van der Waals surface area contributed by atoms with E-state index >= 15 is 0 Å². The Bertz CT molecular complexity index is 535. The molecule has 1 atom stereocenters. The molecule has 1 aliphatic rings. The van der Waals surface area contributed by atoms with Gasteiger partial charge in [0, 0.05) is 12.5 Å². The minimum Gasteiger partial charge on any atom is -0.350 e. The zero-order valence-corrected chi connectivity index (χ0v) is 9.18. The van der Waals surface area contributed by atoms with Crippen LogP contribution in [0, 0.1) is 0 Å². The summed E-state index contributed by atoms with van der Waals surface area (Å²) in [6, 6.07) is 8.32. The number of nitrogens with zero attached hydrogens (tertiary/aromatic N) is 2. The highest BCUT2D eigenvalue weighted by Crippen LogP contribution is 2.33. The zero-order chi connectivity index (χ0) is 11.7. The Morgan fingerprint density at radius 1 is 1.47 bits per heavy atom. The number of hydrogen-bond acceptors (Lipinski definition) is 3. The number of aromatic amines is 1. The molecule has 1 aromatic heterocycles. The number of H-pyrrole nitrogens is 1. The van der Waals surface area contributed by atoms with E-state index in [0.717, 1.165) is 6.42 Å². The third-order valence-corrected chi connectivity index (χ3v) is 3.12. The molecule has 1 aliphatic carbocycles. The summed E-state index contributed by atoms with van der Waals surface area (Å²) in [5.41, 5.74) is 3.05. The fraction of sp³-hybridized carbons (Fsp3) is 0.250. The smallest absolute Gasteiger partial charge is 0.273 e. The van der Waals surface area contributed by atoms with Crippen LogP contribution in [0.2, 0.25) is 0 Å². The monoisotopic (exact) mass is 228 g/mol. The molecule has 17 heavy (non-hydrogen) atoms. The Labute approximate surface area is 98.2 Å². The minimum atomic E-state index is -0.178. The fourth-order valence-corrected chi connectivity index (χ4v) is 2.16. The van der Waals surface area contributed by atoms with E-state index in [1.807, 2.05) is 12.1 Å². The van der Waals surface area contributed by atoms with E-state index in [4.69, 9.17) is 0 Å². The van der Waals surface area contributed by atoms with Crippen LogP contribution in [0.4, 0.5) is 0 Å². The van der Waals surface area contributed by atoms with Crippen molar-refractivity contribution in [3.8, 4) is 0 Å². The van der Waals surface area contributed by atoms with E-state index in [9.17, 15) is 4.79 Å². The highest BCUT2D eigenvalue weighted by Gasteiger charge is 2.25. The Hall–Kier alpha value is -2.17. The van der Waals surface area contributed by atoms with Crippen molar-refractivity contribution in [3.05, 3.63) is 47.3 Å². The number of rotatable bonds is 3. The molecular weight excluding hydrogens is 216 g/mol. The standard InChI is InChI=1S/C12H12N4O/c17-12(11-7-14-16-15-11)13-6-9-5-8-3-1-2-4-10(8)9/h1-4,7,9H,5-6H2,(H,13,17)(H,14,15,16). The van der Waals surface area contributed by atoms with Crippen LogP contribution in [-0.2, 0) is 6.42 Å². The largest absolute Gasteiger partial charge is 0.350 e. The number of aromatic nitrogens is 3. The van der Waals surface area contributed by atoms with Gasteiger partial charge in [0.1, 0.15) is 0 Å². The van der Waals surface area contributed by atoms with Crippen molar-refractivity contribution in [2.45, 2.75) is 12.3 Å². The minimum absolute atomic E-state index is 0.178. The Morgan fingerprint density at radius 3 is 3.12 bits per heavy atom. The van der Waals surface area contributed by atoms with Crippen molar-refractivity contribution in [2.75, 3.05) is 6.54 Å². The number of carbonyl (C=O) groups excluding carboxylic acids is 1. The molecule has 1 amide bonds.